The SMILES string of the molecule is Cc1ccc(-c2cc3c4nnc(SCC(=O)N5CCCc6ccccc65)n4ccn3n2)cc1C. The van der Waals surface area contributed by atoms with Crippen LogP contribution in [0.2, 0.25) is 0 Å². The highest BCUT2D eigenvalue weighted by Crippen LogP contribution is 2.29. The summed E-state index contributed by atoms with van der Waals surface area (Å²) in [6.45, 7) is 4.98. The molecule has 0 fully saturated rings. The van der Waals surface area contributed by atoms with E-state index in [1.54, 1.807) is 0 Å². The van der Waals surface area contributed by atoms with E-state index in [2.05, 4.69) is 48.3 Å². The average molecular weight is 469 g/mol. The van der Waals surface area contributed by atoms with Crippen LogP contribution in [0.4, 0.5) is 5.69 Å². The minimum absolute atomic E-state index is 0.0938. The maximum Gasteiger partial charge on any atom is 0.237 e. The summed E-state index contributed by atoms with van der Waals surface area (Å²) in [5.41, 5.74) is 8.35. The van der Waals surface area contributed by atoms with Crippen molar-refractivity contribution < 1.29 is 4.79 Å². The third-order valence-electron chi connectivity index (χ3n) is 6.53. The summed E-state index contributed by atoms with van der Waals surface area (Å²) in [6.07, 6.45) is 5.82. The molecule has 5 aromatic rings. The van der Waals surface area contributed by atoms with Crippen LogP contribution in [0.1, 0.15) is 23.1 Å². The van der Waals surface area contributed by atoms with Gasteiger partial charge in [0.25, 0.3) is 0 Å². The Kier molecular flexibility index (Phi) is 5.10. The number of para-hydroxylation sites is 1. The molecule has 34 heavy (non-hydrogen) atoms. The van der Waals surface area contributed by atoms with E-state index in [-0.39, 0.29) is 5.91 Å². The standard InChI is InChI=1S/C26H24N6OS/c1-17-9-10-20(14-18(17)2)21-15-23-25-27-28-26(31(25)12-13-32(23)29-21)34-16-24(33)30-11-5-7-19-6-3-4-8-22(19)30/h3-4,6,8-10,12-15H,5,7,11,16H2,1-2H3. The topological polar surface area (TPSA) is 67.8 Å². The molecule has 170 valence electrons. The molecule has 1 amide bonds. The molecule has 2 aromatic carbocycles. The van der Waals surface area contributed by atoms with Crippen molar-refractivity contribution in [3.8, 4) is 11.3 Å². The van der Waals surface area contributed by atoms with Crippen LogP contribution in [0.25, 0.3) is 22.4 Å². The Morgan fingerprint density at radius 3 is 2.79 bits per heavy atom. The third kappa shape index (κ3) is 3.54. The van der Waals surface area contributed by atoms with E-state index >= 15 is 0 Å². The number of hydrogen-bond acceptors (Lipinski definition) is 5. The average Bonchev–Trinajstić information content (AvgIpc) is 3.48. The monoisotopic (exact) mass is 468 g/mol. The van der Waals surface area contributed by atoms with Gasteiger partial charge in [0, 0.05) is 30.2 Å². The maximum absolute atomic E-state index is 13.0. The molecule has 0 unspecified atom stereocenters. The minimum Gasteiger partial charge on any atom is -0.311 e. The van der Waals surface area contributed by atoms with E-state index < -0.39 is 0 Å². The first-order valence-electron chi connectivity index (χ1n) is 11.4. The number of carbonyl (C=O) groups excluding carboxylic acids is 1. The van der Waals surface area contributed by atoms with Gasteiger partial charge in [-0.25, -0.2) is 4.52 Å². The highest BCUT2D eigenvalue weighted by molar-refractivity contribution is 7.99. The van der Waals surface area contributed by atoms with Gasteiger partial charge in [-0.3, -0.25) is 9.20 Å². The molecule has 0 saturated heterocycles. The number of nitrogens with zero attached hydrogens (tertiary/aromatic N) is 6. The van der Waals surface area contributed by atoms with Crippen molar-refractivity contribution in [2.45, 2.75) is 31.8 Å². The van der Waals surface area contributed by atoms with Gasteiger partial charge in [0.05, 0.1) is 11.4 Å². The van der Waals surface area contributed by atoms with Crippen molar-refractivity contribution in [2.24, 2.45) is 0 Å². The van der Waals surface area contributed by atoms with Crippen molar-refractivity contribution in [3.05, 3.63) is 77.6 Å². The first kappa shape index (κ1) is 20.9. The van der Waals surface area contributed by atoms with Crippen molar-refractivity contribution in [1.82, 2.24) is 24.2 Å². The summed E-state index contributed by atoms with van der Waals surface area (Å²) >= 11 is 1.42. The van der Waals surface area contributed by atoms with Crippen LogP contribution in [-0.4, -0.2) is 42.4 Å². The van der Waals surface area contributed by atoms with Crippen LogP contribution in [0.15, 0.2) is 66.1 Å². The largest absolute Gasteiger partial charge is 0.311 e. The Morgan fingerprint density at radius 1 is 1.03 bits per heavy atom. The Bertz CT molecular complexity index is 1550. The first-order chi connectivity index (χ1) is 16.6. The molecule has 6 rings (SSSR count). The lowest BCUT2D eigenvalue weighted by atomic mass is 10.0. The predicted octanol–water partition coefficient (Wildman–Crippen LogP) is 4.73. The zero-order valence-electron chi connectivity index (χ0n) is 19.1. The van der Waals surface area contributed by atoms with Gasteiger partial charge in [0.2, 0.25) is 5.91 Å². The van der Waals surface area contributed by atoms with Gasteiger partial charge in [-0.2, -0.15) is 5.10 Å². The predicted molar refractivity (Wildman–Crippen MR) is 134 cm³/mol. The lowest BCUT2D eigenvalue weighted by Crippen LogP contribution is -2.36. The molecule has 0 spiro atoms. The van der Waals surface area contributed by atoms with Crippen molar-refractivity contribution in [1.29, 1.82) is 0 Å². The fourth-order valence-electron chi connectivity index (χ4n) is 4.53. The van der Waals surface area contributed by atoms with E-state index in [4.69, 9.17) is 5.10 Å². The number of hydrogen-bond donors (Lipinski definition) is 0. The number of thioether (sulfide) groups is 1. The lowest BCUT2D eigenvalue weighted by Gasteiger charge is -2.29. The molecule has 3 aromatic heterocycles. The lowest BCUT2D eigenvalue weighted by molar-refractivity contribution is -0.116. The van der Waals surface area contributed by atoms with E-state index in [9.17, 15) is 4.79 Å². The second-order valence-corrected chi connectivity index (χ2v) is 9.64. The molecule has 0 saturated carbocycles. The number of carbonyl (C=O) groups is 1. The number of amides is 1. The number of benzene rings is 2. The van der Waals surface area contributed by atoms with Crippen LogP contribution < -0.4 is 4.90 Å². The Labute approximate surface area is 201 Å². The van der Waals surface area contributed by atoms with Crippen LogP contribution in [0.5, 0.6) is 0 Å². The van der Waals surface area contributed by atoms with Crippen molar-refractivity contribution in [2.75, 3.05) is 17.2 Å². The fraction of sp³-hybridized carbons (Fsp3) is 0.231. The van der Waals surface area contributed by atoms with Crippen molar-refractivity contribution in [3.63, 3.8) is 0 Å². The Balaban J connectivity index is 1.26. The fourth-order valence-corrected chi connectivity index (χ4v) is 5.32. The van der Waals surface area contributed by atoms with Crippen LogP contribution in [-0.2, 0) is 11.2 Å². The number of fused-ring (bicyclic) bond motifs is 4. The van der Waals surface area contributed by atoms with Gasteiger partial charge in [0.15, 0.2) is 10.8 Å². The number of aromatic nitrogens is 5. The molecule has 0 bridgehead atoms. The van der Waals surface area contributed by atoms with Crippen LogP contribution in [0, 0.1) is 13.8 Å². The third-order valence-corrected chi connectivity index (χ3v) is 7.45. The Hall–Kier alpha value is -3.65. The van der Waals surface area contributed by atoms with Gasteiger partial charge in [-0.15, -0.1) is 10.2 Å². The molecule has 0 atom stereocenters. The van der Waals surface area contributed by atoms with Crippen molar-refractivity contribution >= 4 is 34.5 Å². The molecule has 4 heterocycles. The summed E-state index contributed by atoms with van der Waals surface area (Å²) in [5, 5.41) is 14.2. The van der Waals surface area contributed by atoms with Gasteiger partial charge >= 0.3 is 0 Å². The molecule has 7 nitrogen and oxygen atoms in total. The zero-order chi connectivity index (χ0) is 23.2. The summed E-state index contributed by atoms with van der Waals surface area (Å²) in [7, 11) is 0. The molecule has 8 heteroatoms. The summed E-state index contributed by atoms with van der Waals surface area (Å²) < 4.78 is 3.77. The molecule has 0 N–H and O–H groups in total. The molecule has 1 aliphatic heterocycles. The minimum atomic E-state index is 0.0938. The molecular formula is C26H24N6OS. The molecule has 0 aliphatic carbocycles. The summed E-state index contributed by atoms with van der Waals surface area (Å²) in [6, 6.07) is 16.6. The quantitative estimate of drug-likeness (QED) is 0.357. The van der Waals surface area contributed by atoms with Gasteiger partial charge < -0.3 is 4.90 Å². The number of aryl methyl sites for hydroxylation is 3. The highest BCUT2D eigenvalue weighted by Gasteiger charge is 2.23. The highest BCUT2D eigenvalue weighted by atomic mass is 32.2. The summed E-state index contributed by atoms with van der Waals surface area (Å²) in [5.74, 6) is 0.407. The smallest absolute Gasteiger partial charge is 0.237 e. The maximum atomic E-state index is 13.0. The van der Waals surface area contributed by atoms with E-state index in [0.717, 1.165) is 47.5 Å². The zero-order valence-corrected chi connectivity index (χ0v) is 19.9. The first-order valence-corrected chi connectivity index (χ1v) is 12.4. The second-order valence-electron chi connectivity index (χ2n) is 8.70. The van der Waals surface area contributed by atoms with Crippen LogP contribution >= 0.6 is 11.8 Å². The molecule has 0 radical (unpaired) electrons. The van der Waals surface area contributed by atoms with E-state index in [1.807, 2.05) is 50.5 Å². The van der Waals surface area contributed by atoms with Gasteiger partial charge in [-0.1, -0.05) is 42.1 Å². The van der Waals surface area contributed by atoms with E-state index in [0.29, 0.717) is 10.9 Å². The number of rotatable bonds is 4. The summed E-state index contributed by atoms with van der Waals surface area (Å²) in [4.78, 5) is 15.0. The van der Waals surface area contributed by atoms with E-state index in [1.165, 1.54) is 28.5 Å². The second kappa shape index (κ2) is 8.29. The normalized spacial score (nSPS) is 13.5. The Morgan fingerprint density at radius 2 is 1.91 bits per heavy atom. The molecular weight excluding hydrogens is 444 g/mol. The number of anilines is 1. The van der Waals surface area contributed by atoms with Crippen LogP contribution in [0.3, 0.4) is 0 Å². The molecule has 1 aliphatic rings. The van der Waals surface area contributed by atoms with Gasteiger partial charge in [0.1, 0.15) is 5.52 Å². The van der Waals surface area contributed by atoms with Gasteiger partial charge in [-0.05, 0) is 61.6 Å².